The lowest BCUT2D eigenvalue weighted by Crippen LogP contribution is -2.47. The van der Waals surface area contributed by atoms with E-state index in [-0.39, 0.29) is 24.8 Å². The molecule has 2 amide bonds. The Bertz CT molecular complexity index is 1350. The van der Waals surface area contributed by atoms with Gasteiger partial charge >= 0.3 is 12.1 Å². The Balaban J connectivity index is 1.61. The number of benzene rings is 2. The number of oxazole rings is 1. The third-order valence-corrected chi connectivity index (χ3v) is 6.24. The average Bonchev–Trinajstić information content (AvgIpc) is 3.45. The number of carbonyl (C=O) groups excluding carboxylic acids is 4. The monoisotopic (exact) mass is 563 g/mol. The summed E-state index contributed by atoms with van der Waals surface area (Å²) in [7, 11) is 0. The molecule has 1 heterocycles. The zero-order chi connectivity index (χ0) is 29.9. The maximum absolute atomic E-state index is 13.0. The zero-order valence-corrected chi connectivity index (χ0v) is 23.0. The summed E-state index contributed by atoms with van der Waals surface area (Å²) in [5, 5.41) is 14.3. The highest BCUT2D eigenvalue weighted by atomic mass is 16.5. The topological polar surface area (TPSA) is 165 Å². The molecule has 0 saturated heterocycles. The Morgan fingerprint density at radius 3 is 2.15 bits per heavy atom. The summed E-state index contributed by atoms with van der Waals surface area (Å²) >= 11 is 0. The van der Waals surface area contributed by atoms with Crippen LogP contribution in [0.4, 0.5) is 4.79 Å². The van der Waals surface area contributed by atoms with Crippen LogP contribution in [0.25, 0.3) is 11.3 Å². The Labute approximate surface area is 237 Å². The second-order valence-electron chi connectivity index (χ2n) is 9.92. The Morgan fingerprint density at radius 2 is 1.54 bits per heavy atom. The highest BCUT2D eigenvalue weighted by molar-refractivity contribution is 6.01. The van der Waals surface area contributed by atoms with Crippen LogP contribution >= 0.6 is 0 Å². The molecule has 1 aromatic heterocycles. The van der Waals surface area contributed by atoms with Gasteiger partial charge in [0.2, 0.25) is 11.7 Å². The van der Waals surface area contributed by atoms with Gasteiger partial charge in [-0.05, 0) is 11.5 Å². The van der Waals surface area contributed by atoms with Crippen LogP contribution < -0.4 is 10.6 Å². The number of Topliss-reactive ketones (excluding diaryl/α,β-unsaturated/α-hetero) is 2. The van der Waals surface area contributed by atoms with Gasteiger partial charge in [0.1, 0.15) is 12.6 Å². The predicted molar refractivity (Wildman–Crippen MR) is 148 cm³/mol. The molecule has 3 rings (SSSR count). The van der Waals surface area contributed by atoms with Crippen molar-refractivity contribution in [2.24, 2.45) is 11.8 Å². The predicted octanol–water partition coefficient (Wildman–Crippen LogP) is 4.03. The van der Waals surface area contributed by atoms with Crippen molar-refractivity contribution in [1.29, 1.82) is 0 Å². The van der Waals surface area contributed by atoms with Crippen molar-refractivity contribution >= 4 is 29.5 Å². The minimum Gasteiger partial charge on any atom is -0.481 e. The van der Waals surface area contributed by atoms with Crippen LogP contribution in [0.15, 0.2) is 71.3 Å². The fraction of sp³-hybridized carbons (Fsp3) is 0.333. The fourth-order valence-electron chi connectivity index (χ4n) is 4.00. The first-order chi connectivity index (χ1) is 19.5. The number of carboxylic acid groups (broad SMARTS) is 1. The molecule has 41 heavy (non-hydrogen) atoms. The van der Waals surface area contributed by atoms with E-state index in [1.165, 1.54) is 13.1 Å². The van der Waals surface area contributed by atoms with E-state index in [0.717, 1.165) is 5.56 Å². The number of amides is 2. The van der Waals surface area contributed by atoms with Crippen molar-refractivity contribution in [3.05, 3.63) is 78.3 Å². The Kier molecular flexibility index (Phi) is 10.9. The summed E-state index contributed by atoms with van der Waals surface area (Å²) in [5.41, 5.74) is 1.45. The number of rotatable bonds is 14. The highest BCUT2D eigenvalue weighted by Crippen LogP contribution is 2.21. The molecule has 0 aliphatic heterocycles. The normalized spacial score (nSPS) is 13.1. The van der Waals surface area contributed by atoms with Gasteiger partial charge in [-0.2, -0.15) is 0 Å². The van der Waals surface area contributed by atoms with Crippen molar-refractivity contribution in [3.63, 3.8) is 0 Å². The molecular weight excluding hydrogens is 530 g/mol. The molecule has 0 aliphatic rings. The van der Waals surface area contributed by atoms with Crippen molar-refractivity contribution in [1.82, 2.24) is 15.6 Å². The zero-order valence-electron chi connectivity index (χ0n) is 23.0. The second kappa shape index (κ2) is 14.5. The maximum Gasteiger partial charge on any atom is 0.408 e. The lowest BCUT2D eigenvalue weighted by Gasteiger charge is -2.23. The van der Waals surface area contributed by atoms with Crippen LogP contribution in [-0.2, 0) is 25.7 Å². The lowest BCUT2D eigenvalue weighted by molar-refractivity contribution is -0.137. The van der Waals surface area contributed by atoms with E-state index in [1.54, 1.807) is 50.2 Å². The van der Waals surface area contributed by atoms with Crippen LogP contribution in [0.3, 0.4) is 0 Å². The van der Waals surface area contributed by atoms with Gasteiger partial charge in [-0.3, -0.25) is 19.2 Å². The quantitative estimate of drug-likeness (QED) is 0.246. The van der Waals surface area contributed by atoms with Crippen LogP contribution in [0.1, 0.15) is 49.9 Å². The molecule has 0 aliphatic carbocycles. The first-order valence-corrected chi connectivity index (χ1v) is 13.1. The largest absolute Gasteiger partial charge is 0.481 e. The number of hydrogen-bond acceptors (Lipinski definition) is 8. The molecule has 3 atom stereocenters. The van der Waals surface area contributed by atoms with Crippen molar-refractivity contribution in [3.8, 4) is 11.3 Å². The van der Waals surface area contributed by atoms with Gasteiger partial charge in [-0.1, -0.05) is 81.4 Å². The molecule has 11 nitrogen and oxygen atoms in total. The second-order valence-corrected chi connectivity index (χ2v) is 9.92. The van der Waals surface area contributed by atoms with Gasteiger partial charge in [-0.25, -0.2) is 9.78 Å². The average molecular weight is 564 g/mol. The number of carboxylic acids is 1. The summed E-state index contributed by atoms with van der Waals surface area (Å²) in [6.07, 6.45) is -0.407. The number of nitrogens with one attached hydrogen (secondary N) is 2. The van der Waals surface area contributed by atoms with E-state index in [2.05, 4.69) is 15.6 Å². The van der Waals surface area contributed by atoms with Gasteiger partial charge in [0.05, 0.1) is 18.7 Å². The molecule has 3 aromatic rings. The summed E-state index contributed by atoms with van der Waals surface area (Å²) in [5.74, 6) is -4.53. The number of nitrogens with zero attached hydrogens (tertiary/aromatic N) is 1. The number of aliphatic carboxylic acids is 1. The standard InChI is InChI=1S/C30H33N3O8/c1-18(2)26(33-30(39)40-17-20-10-6-4-7-11-20)23(34)14-19(3)28(38)32-22(15-25(35)36)27(37)29-31-16-24(41-29)21-12-8-5-9-13-21/h4-13,16,18-19,22,26H,14-15,17H2,1-3H3,(H,32,38)(H,33,39)(H,35,36)/t19-,22+,26+/m1/s1. The number of hydrogen-bond donors (Lipinski definition) is 3. The Hall–Kier alpha value is -4.80. The van der Waals surface area contributed by atoms with Crippen LogP contribution in [0.2, 0.25) is 0 Å². The molecule has 3 N–H and O–H groups in total. The maximum atomic E-state index is 13.0. The number of aromatic nitrogens is 1. The molecule has 0 radical (unpaired) electrons. The minimum absolute atomic E-state index is 0.0286. The SMILES string of the molecule is CC(C)[C@H](NC(=O)OCc1ccccc1)C(=O)C[C@@H](C)C(=O)N[C@@H](CC(=O)O)C(=O)c1ncc(-c2ccccc2)o1. The van der Waals surface area contributed by atoms with E-state index in [0.29, 0.717) is 11.3 Å². The first kappa shape index (κ1) is 30.7. The summed E-state index contributed by atoms with van der Waals surface area (Å²) in [6.45, 7) is 4.99. The third kappa shape index (κ3) is 9.13. The highest BCUT2D eigenvalue weighted by Gasteiger charge is 2.32. The van der Waals surface area contributed by atoms with Crippen LogP contribution in [0, 0.1) is 11.8 Å². The van der Waals surface area contributed by atoms with Gasteiger partial charge < -0.3 is 24.9 Å². The van der Waals surface area contributed by atoms with Gasteiger partial charge in [0, 0.05) is 17.9 Å². The third-order valence-electron chi connectivity index (χ3n) is 6.24. The summed E-state index contributed by atoms with van der Waals surface area (Å²) in [4.78, 5) is 66.7. The van der Waals surface area contributed by atoms with Gasteiger partial charge in [0.25, 0.3) is 5.89 Å². The van der Waals surface area contributed by atoms with E-state index >= 15 is 0 Å². The molecule has 0 bridgehead atoms. The van der Waals surface area contributed by atoms with Crippen molar-refractivity contribution < 1.29 is 38.2 Å². The fourth-order valence-corrected chi connectivity index (χ4v) is 4.00. The molecule has 216 valence electrons. The summed E-state index contributed by atoms with van der Waals surface area (Å²) in [6, 6.07) is 15.5. The molecule has 2 aromatic carbocycles. The van der Waals surface area contributed by atoms with Crippen molar-refractivity contribution in [2.45, 2.75) is 52.3 Å². The molecule has 0 spiro atoms. The van der Waals surface area contributed by atoms with E-state index in [1.807, 2.05) is 24.3 Å². The van der Waals surface area contributed by atoms with Gasteiger partial charge in [0.15, 0.2) is 11.5 Å². The molecular formula is C30H33N3O8. The summed E-state index contributed by atoms with van der Waals surface area (Å²) < 4.78 is 10.7. The molecule has 0 fully saturated rings. The lowest BCUT2D eigenvalue weighted by atomic mass is 9.92. The van der Waals surface area contributed by atoms with Crippen molar-refractivity contribution in [2.75, 3.05) is 0 Å². The van der Waals surface area contributed by atoms with Crippen LogP contribution in [0.5, 0.6) is 0 Å². The van der Waals surface area contributed by atoms with E-state index in [9.17, 15) is 29.1 Å². The van der Waals surface area contributed by atoms with Gasteiger partial charge in [-0.15, -0.1) is 0 Å². The van der Waals surface area contributed by atoms with E-state index in [4.69, 9.17) is 9.15 Å². The number of ketones is 2. The first-order valence-electron chi connectivity index (χ1n) is 13.1. The Morgan fingerprint density at radius 1 is 0.902 bits per heavy atom. The molecule has 0 saturated carbocycles. The van der Waals surface area contributed by atoms with Crippen LogP contribution in [-0.4, -0.2) is 51.7 Å². The van der Waals surface area contributed by atoms with E-state index < -0.39 is 54.0 Å². The number of ether oxygens (including phenoxy) is 1. The molecule has 11 heteroatoms. The number of alkyl carbamates (subject to hydrolysis) is 1. The minimum atomic E-state index is -1.47. The smallest absolute Gasteiger partial charge is 0.408 e. The molecule has 0 unspecified atom stereocenters. The number of carbonyl (C=O) groups is 5.